The van der Waals surface area contributed by atoms with Crippen molar-refractivity contribution in [2.75, 3.05) is 7.05 Å². The van der Waals surface area contributed by atoms with Crippen molar-refractivity contribution in [1.82, 2.24) is 4.90 Å². The van der Waals surface area contributed by atoms with E-state index in [1.54, 1.807) is 0 Å². The first kappa shape index (κ1) is 14.2. The maximum absolute atomic E-state index is 14.1. The summed E-state index contributed by atoms with van der Waals surface area (Å²) < 4.78 is 0. The molecule has 0 spiro atoms. The Balaban J connectivity index is 1.02. The van der Waals surface area contributed by atoms with Gasteiger partial charge in [-0.05, 0) is 96.7 Å². The van der Waals surface area contributed by atoms with E-state index in [0.29, 0.717) is 40.9 Å². The molecule has 3 nitrogen and oxygen atoms in total. The number of ketones is 1. The Bertz CT molecular complexity index is 987. The van der Waals surface area contributed by atoms with Gasteiger partial charge in [0.25, 0.3) is 0 Å². The Morgan fingerprint density at radius 2 is 1.21 bits per heavy atom. The fourth-order valence-electron chi connectivity index (χ4n) is 14.7. The molecular formula is C25H29NO2. The van der Waals surface area contributed by atoms with Gasteiger partial charge in [0, 0.05) is 23.4 Å². The molecule has 0 aromatic heterocycles. The lowest BCUT2D eigenvalue weighted by Gasteiger charge is -3.16. The van der Waals surface area contributed by atoms with Crippen LogP contribution in [0.3, 0.4) is 0 Å². The maximum Gasteiger partial charge on any atom is 0.230 e. The van der Waals surface area contributed by atoms with E-state index in [4.69, 9.17) is 0 Å². The molecule has 1 amide bonds. The maximum atomic E-state index is 14.1. The second kappa shape index (κ2) is 2.78. The van der Waals surface area contributed by atoms with Crippen molar-refractivity contribution >= 4 is 11.7 Å². The Hall–Kier alpha value is -0.860. The Morgan fingerprint density at radius 3 is 1.64 bits per heavy atom. The number of carbonyl (C=O) groups is 2. The van der Waals surface area contributed by atoms with E-state index in [1.807, 2.05) is 11.9 Å². The van der Waals surface area contributed by atoms with Gasteiger partial charge in [0.2, 0.25) is 5.91 Å². The van der Waals surface area contributed by atoms with E-state index in [1.165, 1.54) is 0 Å². The molecule has 12 rings (SSSR count). The third kappa shape index (κ3) is 0.617. The van der Waals surface area contributed by atoms with Crippen LogP contribution in [0.15, 0.2) is 0 Å². The van der Waals surface area contributed by atoms with Gasteiger partial charge < -0.3 is 4.90 Å². The van der Waals surface area contributed by atoms with E-state index in [-0.39, 0.29) is 27.2 Å². The molecule has 0 aromatic carbocycles. The summed E-state index contributed by atoms with van der Waals surface area (Å²) in [6, 6.07) is 0. The second-order valence-electron chi connectivity index (χ2n) is 14.4. The quantitative estimate of drug-likeness (QED) is 0.761. The van der Waals surface area contributed by atoms with E-state index in [9.17, 15) is 9.59 Å². The third-order valence-electron chi connectivity index (χ3n) is 14.9. The van der Waals surface area contributed by atoms with Gasteiger partial charge >= 0.3 is 0 Å². The summed E-state index contributed by atoms with van der Waals surface area (Å²) >= 11 is 0. The van der Waals surface area contributed by atoms with Crippen LogP contribution in [-0.4, -0.2) is 29.2 Å². The summed E-state index contributed by atoms with van der Waals surface area (Å²) in [6.45, 7) is 11.4. The zero-order valence-electron chi connectivity index (χ0n) is 17.6. The Labute approximate surface area is 166 Å². The lowest BCUT2D eigenvalue weighted by molar-refractivity contribution is -0.680. The van der Waals surface area contributed by atoms with Crippen LogP contribution in [-0.2, 0) is 9.59 Å². The fourth-order valence-corrected chi connectivity index (χ4v) is 14.7. The van der Waals surface area contributed by atoms with Crippen LogP contribution >= 0.6 is 0 Å². The number of carbonyl (C=O) groups excluding carboxylic acids is 2. The average Bonchev–Trinajstić information content (AvgIpc) is 2.65. The average molecular weight is 376 g/mol. The number of hydrogen-bond acceptors (Lipinski definition) is 2. The molecule has 12 aliphatic rings. The molecular weight excluding hydrogens is 346 g/mol. The summed E-state index contributed by atoms with van der Waals surface area (Å²) in [4.78, 5) is 29.7. The monoisotopic (exact) mass is 375 g/mol. The van der Waals surface area contributed by atoms with Crippen LogP contribution < -0.4 is 0 Å². The molecule has 3 heteroatoms. The molecule has 4 unspecified atom stereocenters. The molecule has 0 saturated heterocycles. The first-order valence-electron chi connectivity index (χ1n) is 11.9. The predicted octanol–water partition coefficient (Wildman–Crippen LogP) is 2.70. The number of rotatable bonds is 3. The van der Waals surface area contributed by atoms with Crippen molar-refractivity contribution in [2.24, 2.45) is 92.2 Å². The first-order valence-corrected chi connectivity index (χ1v) is 11.9. The Kier molecular flexibility index (Phi) is 1.41. The molecule has 0 bridgehead atoms. The van der Waals surface area contributed by atoms with Gasteiger partial charge in [0.1, 0.15) is 5.78 Å². The van der Waals surface area contributed by atoms with E-state index >= 15 is 0 Å². The molecule has 12 fully saturated rings. The predicted molar refractivity (Wildman–Crippen MR) is 99.4 cm³/mol. The van der Waals surface area contributed by atoms with Crippen LogP contribution in [0.1, 0.15) is 34.6 Å². The minimum atomic E-state index is -0.110. The van der Waals surface area contributed by atoms with E-state index < -0.39 is 0 Å². The van der Waals surface area contributed by atoms with Crippen molar-refractivity contribution in [1.29, 1.82) is 0 Å². The molecule has 0 radical (unpaired) electrons. The van der Waals surface area contributed by atoms with Crippen LogP contribution in [0.5, 0.6) is 0 Å². The summed E-state index contributed by atoms with van der Waals surface area (Å²) in [5.74, 6) is 9.42. The lowest BCUT2D eigenvalue weighted by atomic mass is 8.85. The highest BCUT2D eigenvalue weighted by Gasteiger charge is 3.19. The number of hydrogen-bond donors (Lipinski definition) is 0. The Morgan fingerprint density at radius 1 is 0.750 bits per heavy atom. The minimum absolute atomic E-state index is 0.0589. The molecule has 0 N–H and O–H groups in total. The van der Waals surface area contributed by atoms with Gasteiger partial charge in [-0.2, -0.15) is 0 Å². The van der Waals surface area contributed by atoms with Gasteiger partial charge in [-0.25, -0.2) is 0 Å². The van der Waals surface area contributed by atoms with Gasteiger partial charge in [0.05, 0.1) is 5.41 Å². The molecule has 146 valence electrons. The SMILES string of the molecule is CN(C(=O)C12C3C4C1C1C4(C(=O)C45C6C7C4C4C5C6C74C)C3C12C)C(C)(C)C. The number of amides is 1. The first-order chi connectivity index (χ1) is 13.1. The van der Waals surface area contributed by atoms with Crippen LogP contribution in [0.4, 0.5) is 0 Å². The summed E-state index contributed by atoms with van der Waals surface area (Å²) in [5.41, 5.74) is 1.00. The highest BCUT2D eigenvalue weighted by Crippen LogP contribution is 3.17. The molecule has 0 aliphatic heterocycles. The van der Waals surface area contributed by atoms with Gasteiger partial charge in [-0.1, -0.05) is 13.8 Å². The second-order valence-corrected chi connectivity index (χ2v) is 14.4. The molecule has 12 saturated carbocycles. The normalized spacial score (nSPS) is 81.1. The van der Waals surface area contributed by atoms with E-state index in [2.05, 4.69) is 34.6 Å². The van der Waals surface area contributed by atoms with Crippen LogP contribution in [0.25, 0.3) is 0 Å². The van der Waals surface area contributed by atoms with Gasteiger partial charge in [-0.15, -0.1) is 0 Å². The van der Waals surface area contributed by atoms with Crippen molar-refractivity contribution < 1.29 is 9.59 Å². The lowest BCUT2D eigenvalue weighted by Crippen LogP contribution is -3.18. The molecule has 0 heterocycles. The number of Topliss-reactive ketones (excluding diaryl/α,β-unsaturated/α-hetero) is 1. The van der Waals surface area contributed by atoms with Crippen LogP contribution in [0, 0.1) is 92.2 Å². The highest BCUT2D eigenvalue weighted by atomic mass is 16.2. The highest BCUT2D eigenvalue weighted by molar-refractivity contribution is 6.07. The minimum Gasteiger partial charge on any atom is -0.340 e. The van der Waals surface area contributed by atoms with Crippen LogP contribution in [0.2, 0.25) is 0 Å². The van der Waals surface area contributed by atoms with Crippen molar-refractivity contribution in [3.63, 3.8) is 0 Å². The summed E-state index contributed by atoms with van der Waals surface area (Å²) in [7, 11) is 2.00. The topological polar surface area (TPSA) is 37.4 Å². The van der Waals surface area contributed by atoms with Gasteiger partial charge in [-0.3, -0.25) is 9.59 Å². The summed E-state index contributed by atoms with van der Waals surface area (Å²) in [5, 5.41) is 0. The standard InChI is InChI=1S/C25H29NO2/c1-20(2,3)26(6)19(28)25-14-13-15(25)17-22(25,5)16(14)24(13,17)18(27)23-10-7-11(23)9-12(23)8(10)21(7,9)4/h7-17H,1-6H3. The fraction of sp³-hybridized carbons (Fsp3) is 0.920. The van der Waals surface area contributed by atoms with Crippen molar-refractivity contribution in [2.45, 2.75) is 40.2 Å². The molecule has 12 aliphatic carbocycles. The smallest absolute Gasteiger partial charge is 0.230 e. The van der Waals surface area contributed by atoms with E-state index in [0.717, 1.165) is 41.3 Å². The van der Waals surface area contributed by atoms with Crippen molar-refractivity contribution in [3.05, 3.63) is 0 Å². The zero-order chi connectivity index (χ0) is 19.1. The number of nitrogens with zero attached hydrogens (tertiary/aromatic N) is 1. The third-order valence-corrected chi connectivity index (χ3v) is 14.9. The largest absolute Gasteiger partial charge is 0.340 e. The summed E-state index contributed by atoms with van der Waals surface area (Å²) in [6.07, 6.45) is 0. The zero-order valence-corrected chi connectivity index (χ0v) is 17.6. The van der Waals surface area contributed by atoms with Gasteiger partial charge in [0.15, 0.2) is 0 Å². The molecule has 0 aromatic rings. The molecule has 4 atom stereocenters. The van der Waals surface area contributed by atoms with Crippen molar-refractivity contribution in [3.8, 4) is 0 Å². The molecule has 28 heavy (non-hydrogen) atoms.